The predicted octanol–water partition coefficient (Wildman–Crippen LogP) is 1.15. The van der Waals surface area contributed by atoms with Gasteiger partial charge in [0.2, 0.25) is 0 Å². The Kier molecular flexibility index (Phi) is 4.39. The molecule has 0 spiro atoms. The number of nitrogens with two attached hydrogens (primary N) is 2. The van der Waals surface area contributed by atoms with E-state index >= 15 is 0 Å². The molecule has 0 aliphatic carbocycles. The molecule has 4 N–H and O–H groups in total. The van der Waals surface area contributed by atoms with Gasteiger partial charge in [0.15, 0.2) is 0 Å². The topological polar surface area (TPSA) is 77.8 Å². The number of hydrogen-bond acceptors (Lipinski definition) is 4. The first kappa shape index (κ1) is 12.7. The number of pyridine rings is 2. The molecule has 94 valence electrons. The second-order valence-electron chi connectivity index (χ2n) is 4.18. The first-order chi connectivity index (χ1) is 8.83. The molecule has 0 saturated heterocycles. The van der Waals surface area contributed by atoms with Gasteiger partial charge >= 0.3 is 0 Å². The van der Waals surface area contributed by atoms with Crippen LogP contribution in [0.25, 0.3) is 11.4 Å². The quantitative estimate of drug-likeness (QED) is 0.824. The molecule has 2 heterocycles. The summed E-state index contributed by atoms with van der Waals surface area (Å²) in [6.45, 7) is 1.29. The lowest BCUT2D eigenvalue weighted by Gasteiger charge is -2.03. The summed E-state index contributed by atoms with van der Waals surface area (Å²) in [5, 5.41) is 0. The molecule has 0 atom stereocenters. The zero-order valence-corrected chi connectivity index (χ0v) is 10.3. The van der Waals surface area contributed by atoms with Crippen LogP contribution in [-0.4, -0.2) is 23.1 Å². The van der Waals surface area contributed by atoms with E-state index in [0.717, 1.165) is 35.4 Å². The predicted molar refractivity (Wildman–Crippen MR) is 73.0 cm³/mol. The van der Waals surface area contributed by atoms with Crippen LogP contribution in [-0.2, 0) is 12.8 Å². The smallest absolute Gasteiger partial charge is 0.0886 e. The fourth-order valence-corrected chi connectivity index (χ4v) is 1.78. The van der Waals surface area contributed by atoms with Crippen LogP contribution in [0.2, 0.25) is 0 Å². The van der Waals surface area contributed by atoms with Gasteiger partial charge in [0.1, 0.15) is 0 Å². The maximum Gasteiger partial charge on any atom is 0.0886 e. The van der Waals surface area contributed by atoms with Gasteiger partial charge in [-0.05, 0) is 49.2 Å². The Labute approximate surface area is 107 Å². The summed E-state index contributed by atoms with van der Waals surface area (Å²) < 4.78 is 0. The first-order valence-corrected chi connectivity index (χ1v) is 6.14. The van der Waals surface area contributed by atoms with Crippen LogP contribution in [0.1, 0.15) is 11.1 Å². The highest BCUT2D eigenvalue weighted by atomic mass is 14.8. The molecular formula is C14H18N4. The first-order valence-electron chi connectivity index (χ1n) is 6.14. The molecule has 2 rings (SSSR count). The summed E-state index contributed by atoms with van der Waals surface area (Å²) >= 11 is 0. The lowest BCUT2D eigenvalue weighted by Crippen LogP contribution is -2.03. The van der Waals surface area contributed by atoms with E-state index in [2.05, 4.69) is 9.97 Å². The number of nitrogens with zero attached hydrogens (tertiary/aromatic N) is 2. The highest BCUT2D eigenvalue weighted by molar-refractivity contribution is 5.54. The van der Waals surface area contributed by atoms with E-state index < -0.39 is 0 Å². The third kappa shape index (κ3) is 3.12. The van der Waals surface area contributed by atoms with Gasteiger partial charge in [0.25, 0.3) is 0 Å². The molecule has 2 aromatic heterocycles. The monoisotopic (exact) mass is 242 g/mol. The van der Waals surface area contributed by atoms with Gasteiger partial charge in [0, 0.05) is 12.4 Å². The molecule has 18 heavy (non-hydrogen) atoms. The molecule has 0 amide bonds. The van der Waals surface area contributed by atoms with Crippen molar-refractivity contribution in [2.24, 2.45) is 11.5 Å². The second kappa shape index (κ2) is 6.23. The van der Waals surface area contributed by atoms with E-state index in [9.17, 15) is 0 Å². The van der Waals surface area contributed by atoms with Gasteiger partial charge in [-0.15, -0.1) is 0 Å². The Morgan fingerprint density at radius 2 is 1.17 bits per heavy atom. The van der Waals surface area contributed by atoms with E-state index in [-0.39, 0.29) is 0 Å². The molecule has 0 aromatic carbocycles. The van der Waals surface area contributed by atoms with E-state index in [1.165, 1.54) is 0 Å². The number of hydrogen-bond donors (Lipinski definition) is 2. The van der Waals surface area contributed by atoms with Crippen LogP contribution >= 0.6 is 0 Å². The van der Waals surface area contributed by atoms with E-state index in [1.807, 2.05) is 36.7 Å². The minimum atomic E-state index is 0.646. The number of rotatable bonds is 5. The zero-order chi connectivity index (χ0) is 12.8. The lowest BCUT2D eigenvalue weighted by molar-refractivity contribution is 0.954. The molecular weight excluding hydrogens is 224 g/mol. The standard InChI is InChI=1S/C14H18N4/c15-7-5-11-1-3-13(17-9-11)14-4-2-12(6-8-16)10-18-14/h1-4,9-10H,5-8,15-16H2. The van der Waals surface area contributed by atoms with Crippen molar-refractivity contribution in [2.75, 3.05) is 13.1 Å². The molecule has 4 nitrogen and oxygen atoms in total. The van der Waals surface area contributed by atoms with Crippen LogP contribution in [0.3, 0.4) is 0 Å². The average Bonchev–Trinajstić information content (AvgIpc) is 2.41. The van der Waals surface area contributed by atoms with Crippen LogP contribution < -0.4 is 11.5 Å². The van der Waals surface area contributed by atoms with E-state index in [0.29, 0.717) is 13.1 Å². The molecule has 0 aliphatic heterocycles. The van der Waals surface area contributed by atoms with Gasteiger partial charge in [-0.25, -0.2) is 0 Å². The highest BCUT2D eigenvalue weighted by Crippen LogP contribution is 2.15. The second-order valence-corrected chi connectivity index (χ2v) is 4.18. The van der Waals surface area contributed by atoms with Crippen LogP contribution in [0, 0.1) is 0 Å². The largest absolute Gasteiger partial charge is 0.330 e. The van der Waals surface area contributed by atoms with Crippen molar-refractivity contribution in [3.8, 4) is 11.4 Å². The summed E-state index contributed by atoms with van der Waals surface area (Å²) in [5.74, 6) is 0. The van der Waals surface area contributed by atoms with Gasteiger partial charge in [-0.3, -0.25) is 9.97 Å². The summed E-state index contributed by atoms with van der Waals surface area (Å²) in [7, 11) is 0. The van der Waals surface area contributed by atoms with E-state index in [4.69, 9.17) is 11.5 Å². The van der Waals surface area contributed by atoms with Crippen molar-refractivity contribution in [3.05, 3.63) is 47.8 Å². The third-order valence-electron chi connectivity index (χ3n) is 2.78. The molecule has 0 bridgehead atoms. The van der Waals surface area contributed by atoms with Gasteiger partial charge in [-0.2, -0.15) is 0 Å². The Morgan fingerprint density at radius 3 is 1.44 bits per heavy atom. The normalized spacial score (nSPS) is 10.6. The fraction of sp³-hybridized carbons (Fsp3) is 0.286. The SMILES string of the molecule is NCCc1ccc(-c2ccc(CCN)cn2)nc1. The molecule has 2 aromatic rings. The average molecular weight is 242 g/mol. The Hall–Kier alpha value is -1.78. The Balaban J connectivity index is 2.15. The highest BCUT2D eigenvalue weighted by Gasteiger charge is 2.01. The molecule has 4 heteroatoms. The molecule has 0 fully saturated rings. The summed E-state index contributed by atoms with van der Waals surface area (Å²) in [6.07, 6.45) is 5.43. The van der Waals surface area contributed by atoms with Gasteiger partial charge in [0.05, 0.1) is 11.4 Å². The van der Waals surface area contributed by atoms with Crippen LogP contribution in [0.15, 0.2) is 36.7 Å². The van der Waals surface area contributed by atoms with Crippen LogP contribution in [0.4, 0.5) is 0 Å². The van der Waals surface area contributed by atoms with E-state index in [1.54, 1.807) is 0 Å². The molecule has 0 aliphatic rings. The van der Waals surface area contributed by atoms with Crippen molar-refractivity contribution in [1.82, 2.24) is 9.97 Å². The maximum atomic E-state index is 5.50. The van der Waals surface area contributed by atoms with Crippen LogP contribution in [0.5, 0.6) is 0 Å². The van der Waals surface area contributed by atoms with Gasteiger partial charge < -0.3 is 11.5 Å². The number of aromatic nitrogens is 2. The van der Waals surface area contributed by atoms with Crippen molar-refractivity contribution in [3.63, 3.8) is 0 Å². The molecule has 0 unspecified atom stereocenters. The Morgan fingerprint density at radius 1 is 0.722 bits per heavy atom. The van der Waals surface area contributed by atoms with Crippen molar-refractivity contribution in [2.45, 2.75) is 12.8 Å². The molecule has 0 radical (unpaired) electrons. The summed E-state index contributed by atoms with van der Waals surface area (Å²) in [5.41, 5.74) is 15.1. The third-order valence-corrected chi connectivity index (χ3v) is 2.78. The minimum Gasteiger partial charge on any atom is -0.330 e. The summed E-state index contributed by atoms with van der Waals surface area (Å²) in [6, 6.07) is 8.06. The fourth-order valence-electron chi connectivity index (χ4n) is 1.78. The summed E-state index contributed by atoms with van der Waals surface area (Å²) in [4.78, 5) is 8.80. The maximum absolute atomic E-state index is 5.50. The lowest BCUT2D eigenvalue weighted by atomic mass is 10.1. The molecule has 0 saturated carbocycles. The van der Waals surface area contributed by atoms with Crippen molar-refractivity contribution < 1.29 is 0 Å². The Bertz CT molecular complexity index is 429. The zero-order valence-electron chi connectivity index (χ0n) is 10.3. The minimum absolute atomic E-state index is 0.646. The van der Waals surface area contributed by atoms with Crippen molar-refractivity contribution in [1.29, 1.82) is 0 Å². The van der Waals surface area contributed by atoms with Gasteiger partial charge in [-0.1, -0.05) is 12.1 Å². The van der Waals surface area contributed by atoms with Crippen molar-refractivity contribution >= 4 is 0 Å².